The van der Waals surface area contributed by atoms with Crippen LogP contribution in [0.3, 0.4) is 0 Å². The molecule has 0 saturated carbocycles. The zero-order valence-corrected chi connectivity index (χ0v) is 16.2. The highest BCUT2D eigenvalue weighted by molar-refractivity contribution is 5.94. The highest BCUT2D eigenvalue weighted by atomic mass is 16.5. The molecule has 2 amide bonds. The largest absolute Gasteiger partial charge is 0.473 e. The lowest BCUT2D eigenvalue weighted by molar-refractivity contribution is 0.0767. The molecule has 9 heteroatoms. The summed E-state index contributed by atoms with van der Waals surface area (Å²) in [4.78, 5) is 28.4. The Hall–Kier alpha value is -3.88. The van der Waals surface area contributed by atoms with Gasteiger partial charge in [0.1, 0.15) is 18.1 Å². The molecular formula is C21H20N4O5. The third kappa shape index (κ3) is 4.09. The third-order valence-corrected chi connectivity index (χ3v) is 4.88. The van der Waals surface area contributed by atoms with Gasteiger partial charge in [-0.3, -0.25) is 4.79 Å². The van der Waals surface area contributed by atoms with Crippen molar-refractivity contribution in [2.24, 2.45) is 0 Å². The maximum atomic E-state index is 12.2. The summed E-state index contributed by atoms with van der Waals surface area (Å²) < 4.78 is 11.1. The van der Waals surface area contributed by atoms with Gasteiger partial charge in [-0.25, -0.2) is 9.78 Å². The van der Waals surface area contributed by atoms with Gasteiger partial charge in [-0.15, -0.1) is 0 Å². The minimum Gasteiger partial charge on any atom is -0.473 e. The second kappa shape index (κ2) is 8.24. The molecule has 2 N–H and O–H groups in total. The Morgan fingerprint density at radius 3 is 2.67 bits per heavy atom. The summed E-state index contributed by atoms with van der Waals surface area (Å²) in [5.74, 6) is 0.734. The van der Waals surface area contributed by atoms with Gasteiger partial charge < -0.3 is 24.6 Å². The first-order chi connectivity index (χ1) is 14.5. The van der Waals surface area contributed by atoms with Crippen LogP contribution < -0.4 is 10.1 Å². The molecule has 3 heterocycles. The van der Waals surface area contributed by atoms with Crippen molar-refractivity contribution in [1.29, 1.82) is 0 Å². The molecule has 9 nitrogen and oxygen atoms in total. The molecule has 0 atom stereocenters. The minimum absolute atomic E-state index is 0.183. The average Bonchev–Trinajstić information content (AvgIpc) is 3.09. The SMILES string of the molecule is Cc1onc(-c2ccccc2)c1COc1ccc(C(=O)NC2CN(C(=O)O)C2)cn1. The van der Waals surface area contributed by atoms with Gasteiger partial charge in [-0.05, 0) is 13.0 Å². The molecule has 2 aromatic heterocycles. The van der Waals surface area contributed by atoms with Crippen LogP contribution in [-0.4, -0.2) is 51.3 Å². The van der Waals surface area contributed by atoms with Crippen LogP contribution in [0.15, 0.2) is 53.2 Å². The summed E-state index contributed by atoms with van der Waals surface area (Å²) in [6.07, 6.45) is 0.443. The molecule has 3 aromatic rings. The van der Waals surface area contributed by atoms with Crippen molar-refractivity contribution in [3.63, 3.8) is 0 Å². The van der Waals surface area contributed by atoms with Crippen LogP contribution in [0.4, 0.5) is 4.79 Å². The molecule has 154 valence electrons. The molecule has 0 aliphatic carbocycles. The van der Waals surface area contributed by atoms with Gasteiger partial charge in [-0.1, -0.05) is 35.5 Å². The van der Waals surface area contributed by atoms with E-state index in [2.05, 4.69) is 15.5 Å². The van der Waals surface area contributed by atoms with Gasteiger partial charge in [0, 0.05) is 30.9 Å². The topological polar surface area (TPSA) is 118 Å². The summed E-state index contributed by atoms with van der Waals surface area (Å²) in [5, 5.41) is 15.7. The summed E-state index contributed by atoms with van der Waals surface area (Å²) in [5.41, 5.74) is 2.87. The fraction of sp³-hybridized carbons (Fsp3) is 0.238. The Morgan fingerprint density at radius 1 is 1.23 bits per heavy atom. The molecule has 1 aliphatic rings. The van der Waals surface area contributed by atoms with Crippen molar-refractivity contribution in [3.05, 3.63) is 65.5 Å². The van der Waals surface area contributed by atoms with Crippen molar-refractivity contribution >= 4 is 12.0 Å². The number of ether oxygens (including phenoxy) is 1. The number of likely N-dealkylation sites (tertiary alicyclic amines) is 1. The number of nitrogens with zero attached hydrogens (tertiary/aromatic N) is 3. The Bertz CT molecular complexity index is 1040. The first-order valence-electron chi connectivity index (χ1n) is 9.39. The Labute approximate surface area is 172 Å². The summed E-state index contributed by atoms with van der Waals surface area (Å²) >= 11 is 0. The van der Waals surface area contributed by atoms with Crippen molar-refractivity contribution < 1.29 is 24.0 Å². The molecule has 4 rings (SSSR count). The van der Waals surface area contributed by atoms with Crippen molar-refractivity contribution in [1.82, 2.24) is 20.4 Å². The van der Waals surface area contributed by atoms with Crippen LogP contribution in [-0.2, 0) is 6.61 Å². The van der Waals surface area contributed by atoms with Crippen molar-refractivity contribution in [2.75, 3.05) is 13.1 Å². The predicted molar refractivity (Wildman–Crippen MR) is 106 cm³/mol. The van der Waals surface area contributed by atoms with E-state index in [0.717, 1.165) is 16.8 Å². The number of hydrogen-bond acceptors (Lipinski definition) is 6. The van der Waals surface area contributed by atoms with Gasteiger partial charge in [0.2, 0.25) is 5.88 Å². The first kappa shape index (κ1) is 19.4. The number of benzene rings is 1. The fourth-order valence-electron chi connectivity index (χ4n) is 3.12. The molecule has 0 radical (unpaired) electrons. The second-order valence-corrected chi connectivity index (χ2v) is 6.96. The number of nitrogens with one attached hydrogen (secondary N) is 1. The van der Waals surface area contributed by atoms with E-state index < -0.39 is 6.09 Å². The van der Waals surface area contributed by atoms with Crippen LogP contribution in [0.1, 0.15) is 21.7 Å². The Morgan fingerprint density at radius 2 is 2.00 bits per heavy atom. The van der Waals surface area contributed by atoms with Gasteiger partial charge in [0.15, 0.2) is 0 Å². The summed E-state index contributed by atoms with van der Waals surface area (Å²) in [6, 6.07) is 12.7. The zero-order chi connectivity index (χ0) is 21.1. The number of carboxylic acid groups (broad SMARTS) is 1. The Kier molecular flexibility index (Phi) is 5.34. The lowest BCUT2D eigenvalue weighted by Crippen LogP contribution is -2.60. The standard InChI is InChI=1S/C21H20N4O5/c1-13-17(19(24-30-13)14-5-3-2-4-6-14)12-29-18-8-7-15(9-22-18)20(26)23-16-10-25(11-16)21(27)28/h2-9,16H,10-12H2,1H3,(H,23,26)(H,27,28). The number of rotatable bonds is 6. The first-order valence-corrected chi connectivity index (χ1v) is 9.39. The van der Waals surface area contributed by atoms with Gasteiger partial charge in [-0.2, -0.15) is 0 Å². The number of hydrogen-bond donors (Lipinski definition) is 2. The van der Waals surface area contributed by atoms with E-state index in [1.807, 2.05) is 37.3 Å². The number of carbonyl (C=O) groups is 2. The highest BCUT2D eigenvalue weighted by Gasteiger charge is 2.31. The van der Waals surface area contributed by atoms with Crippen LogP contribution in [0.2, 0.25) is 0 Å². The average molecular weight is 408 g/mol. The van der Waals surface area contributed by atoms with Gasteiger partial charge in [0.25, 0.3) is 5.91 Å². The lowest BCUT2D eigenvalue weighted by atomic mass is 10.1. The monoisotopic (exact) mass is 408 g/mol. The van der Waals surface area contributed by atoms with E-state index in [1.165, 1.54) is 11.1 Å². The number of amides is 2. The van der Waals surface area contributed by atoms with E-state index in [9.17, 15) is 9.59 Å². The van der Waals surface area contributed by atoms with E-state index >= 15 is 0 Å². The highest BCUT2D eigenvalue weighted by Crippen LogP contribution is 2.26. The summed E-state index contributed by atoms with van der Waals surface area (Å²) in [7, 11) is 0. The van der Waals surface area contributed by atoms with E-state index in [-0.39, 0.29) is 31.6 Å². The van der Waals surface area contributed by atoms with Crippen molar-refractivity contribution in [3.8, 4) is 17.1 Å². The molecule has 1 aromatic carbocycles. The molecule has 1 aliphatic heterocycles. The lowest BCUT2D eigenvalue weighted by Gasteiger charge is -2.37. The fourth-order valence-corrected chi connectivity index (χ4v) is 3.12. The molecule has 0 spiro atoms. The van der Waals surface area contributed by atoms with E-state index in [0.29, 0.717) is 17.2 Å². The van der Waals surface area contributed by atoms with Gasteiger partial charge >= 0.3 is 6.09 Å². The van der Waals surface area contributed by atoms with E-state index in [4.69, 9.17) is 14.4 Å². The van der Waals surface area contributed by atoms with Crippen molar-refractivity contribution in [2.45, 2.75) is 19.6 Å². The normalized spacial score (nSPS) is 13.6. The molecule has 1 saturated heterocycles. The number of aryl methyl sites for hydroxylation is 1. The zero-order valence-electron chi connectivity index (χ0n) is 16.2. The van der Waals surface area contributed by atoms with Crippen LogP contribution in [0.25, 0.3) is 11.3 Å². The number of pyridine rings is 1. The molecule has 0 bridgehead atoms. The predicted octanol–water partition coefficient (Wildman–Crippen LogP) is 2.72. The molecule has 0 unspecified atom stereocenters. The quantitative estimate of drug-likeness (QED) is 0.644. The van der Waals surface area contributed by atoms with Gasteiger partial charge in [0.05, 0.1) is 17.2 Å². The van der Waals surface area contributed by atoms with Crippen LogP contribution in [0.5, 0.6) is 5.88 Å². The summed E-state index contributed by atoms with van der Waals surface area (Å²) in [6.45, 7) is 2.63. The Balaban J connectivity index is 1.35. The maximum Gasteiger partial charge on any atom is 0.407 e. The van der Waals surface area contributed by atoms with Crippen LogP contribution in [0, 0.1) is 6.92 Å². The third-order valence-electron chi connectivity index (χ3n) is 4.88. The smallest absolute Gasteiger partial charge is 0.407 e. The minimum atomic E-state index is -0.984. The molecule has 30 heavy (non-hydrogen) atoms. The van der Waals surface area contributed by atoms with Crippen LogP contribution >= 0.6 is 0 Å². The molecular weight excluding hydrogens is 388 g/mol. The second-order valence-electron chi connectivity index (χ2n) is 6.96. The molecule has 1 fully saturated rings. The maximum absolute atomic E-state index is 12.2. The number of carbonyl (C=O) groups excluding carboxylic acids is 1. The van der Waals surface area contributed by atoms with E-state index in [1.54, 1.807) is 12.1 Å². The number of aromatic nitrogens is 2.